The molecule has 98 valence electrons. The van der Waals surface area contributed by atoms with E-state index in [1.165, 1.54) is 18.8 Å². The van der Waals surface area contributed by atoms with Crippen LogP contribution in [0, 0.1) is 0 Å². The molecule has 1 aliphatic carbocycles. The third kappa shape index (κ3) is 3.13. The molecule has 0 aliphatic heterocycles. The Labute approximate surface area is 111 Å². The second-order valence-corrected chi connectivity index (χ2v) is 5.62. The molecule has 2 rings (SSSR count). The minimum absolute atomic E-state index is 0.187. The van der Waals surface area contributed by atoms with Gasteiger partial charge < -0.3 is 11.1 Å². The van der Waals surface area contributed by atoms with Crippen molar-refractivity contribution < 1.29 is 4.79 Å². The number of carbonyl (C=O) groups is 1. The summed E-state index contributed by atoms with van der Waals surface area (Å²) in [6, 6.07) is 0.227. The number of nitrogens with zero attached hydrogens (tertiary/aromatic N) is 2. The van der Waals surface area contributed by atoms with Crippen LogP contribution in [-0.2, 0) is 0 Å². The third-order valence-electron chi connectivity index (χ3n) is 3.24. The average molecular weight is 266 g/mol. The van der Waals surface area contributed by atoms with Crippen molar-refractivity contribution in [2.24, 2.45) is 0 Å². The Balaban J connectivity index is 1.97. The van der Waals surface area contributed by atoms with Gasteiger partial charge in [0, 0.05) is 23.7 Å². The van der Waals surface area contributed by atoms with Gasteiger partial charge in [0.05, 0.1) is 0 Å². The van der Waals surface area contributed by atoms with E-state index in [2.05, 4.69) is 21.5 Å². The molecule has 0 bridgehead atoms. The first kappa shape index (κ1) is 13.1. The molecule has 1 heterocycles. The SMILES string of the molecule is CSC1CCCC(NC(=O)c2nccnc2N)C1. The molecule has 5 nitrogen and oxygen atoms in total. The van der Waals surface area contributed by atoms with Crippen LogP contribution in [0.1, 0.15) is 36.2 Å². The standard InChI is InChI=1S/C12H18N4OS/c1-18-9-4-2-3-8(7-9)16-12(17)10-11(13)15-6-5-14-10/h5-6,8-9H,2-4,7H2,1H3,(H2,13,15)(H,16,17). The van der Waals surface area contributed by atoms with Gasteiger partial charge in [-0.1, -0.05) is 6.42 Å². The van der Waals surface area contributed by atoms with E-state index in [-0.39, 0.29) is 23.5 Å². The molecule has 1 aromatic rings. The van der Waals surface area contributed by atoms with E-state index in [9.17, 15) is 4.79 Å². The van der Waals surface area contributed by atoms with Crippen LogP contribution in [-0.4, -0.2) is 33.4 Å². The van der Waals surface area contributed by atoms with E-state index in [4.69, 9.17) is 5.73 Å². The highest BCUT2D eigenvalue weighted by molar-refractivity contribution is 7.99. The van der Waals surface area contributed by atoms with E-state index in [1.807, 2.05) is 11.8 Å². The maximum Gasteiger partial charge on any atom is 0.273 e. The Kier molecular flexibility index (Phi) is 4.41. The fraction of sp³-hybridized carbons (Fsp3) is 0.583. The summed E-state index contributed by atoms with van der Waals surface area (Å²) in [5.74, 6) is -0.0282. The summed E-state index contributed by atoms with van der Waals surface area (Å²) >= 11 is 1.87. The van der Waals surface area contributed by atoms with Crippen molar-refractivity contribution in [3.05, 3.63) is 18.1 Å². The normalized spacial score (nSPS) is 23.6. The number of hydrogen-bond acceptors (Lipinski definition) is 5. The van der Waals surface area contributed by atoms with Gasteiger partial charge in [-0.25, -0.2) is 9.97 Å². The van der Waals surface area contributed by atoms with Gasteiger partial charge in [0.15, 0.2) is 11.5 Å². The van der Waals surface area contributed by atoms with Gasteiger partial charge in [-0.2, -0.15) is 11.8 Å². The number of nitrogens with one attached hydrogen (secondary N) is 1. The van der Waals surface area contributed by atoms with Crippen molar-refractivity contribution in [3.63, 3.8) is 0 Å². The monoisotopic (exact) mass is 266 g/mol. The molecule has 1 amide bonds. The lowest BCUT2D eigenvalue weighted by Crippen LogP contribution is -2.39. The van der Waals surface area contributed by atoms with Crippen LogP contribution in [0.4, 0.5) is 5.82 Å². The lowest BCUT2D eigenvalue weighted by atomic mass is 9.95. The number of aromatic nitrogens is 2. The number of anilines is 1. The molecule has 1 aromatic heterocycles. The molecule has 18 heavy (non-hydrogen) atoms. The zero-order valence-electron chi connectivity index (χ0n) is 10.4. The van der Waals surface area contributed by atoms with Crippen LogP contribution in [0.2, 0.25) is 0 Å². The van der Waals surface area contributed by atoms with Crippen molar-refractivity contribution >= 4 is 23.5 Å². The second kappa shape index (κ2) is 6.04. The zero-order chi connectivity index (χ0) is 13.0. The van der Waals surface area contributed by atoms with E-state index >= 15 is 0 Å². The van der Waals surface area contributed by atoms with Crippen LogP contribution >= 0.6 is 11.8 Å². The van der Waals surface area contributed by atoms with E-state index in [0.29, 0.717) is 5.25 Å². The van der Waals surface area contributed by atoms with Crippen molar-refractivity contribution in [1.29, 1.82) is 0 Å². The van der Waals surface area contributed by atoms with Crippen LogP contribution < -0.4 is 11.1 Å². The number of carbonyl (C=O) groups excluding carboxylic acids is 1. The van der Waals surface area contributed by atoms with E-state index in [1.54, 1.807) is 0 Å². The average Bonchev–Trinajstić information content (AvgIpc) is 2.39. The molecule has 1 fully saturated rings. The second-order valence-electron chi connectivity index (χ2n) is 4.48. The highest BCUT2D eigenvalue weighted by atomic mass is 32.2. The molecular formula is C12H18N4OS. The fourth-order valence-corrected chi connectivity index (χ4v) is 3.09. The summed E-state index contributed by atoms with van der Waals surface area (Å²) < 4.78 is 0. The highest BCUT2D eigenvalue weighted by Gasteiger charge is 2.24. The largest absolute Gasteiger partial charge is 0.382 e. The van der Waals surface area contributed by atoms with Gasteiger partial charge in [-0.3, -0.25) is 4.79 Å². The molecule has 0 saturated heterocycles. The van der Waals surface area contributed by atoms with Gasteiger partial charge in [0.2, 0.25) is 0 Å². The predicted octanol–water partition coefficient (Wildman–Crippen LogP) is 1.46. The Morgan fingerprint density at radius 3 is 2.94 bits per heavy atom. The summed E-state index contributed by atoms with van der Waals surface area (Å²) in [5, 5.41) is 3.65. The summed E-state index contributed by atoms with van der Waals surface area (Å²) in [4.78, 5) is 19.9. The fourth-order valence-electron chi connectivity index (χ4n) is 2.27. The quantitative estimate of drug-likeness (QED) is 0.865. The molecular weight excluding hydrogens is 248 g/mol. The van der Waals surface area contributed by atoms with Crippen LogP contribution in [0.3, 0.4) is 0 Å². The molecule has 2 atom stereocenters. The Morgan fingerprint density at radius 1 is 1.44 bits per heavy atom. The minimum Gasteiger partial charge on any atom is -0.382 e. The third-order valence-corrected chi connectivity index (χ3v) is 4.33. The first-order valence-electron chi connectivity index (χ1n) is 6.11. The van der Waals surface area contributed by atoms with Gasteiger partial charge in [-0.05, 0) is 25.5 Å². The van der Waals surface area contributed by atoms with Crippen molar-refractivity contribution in [2.75, 3.05) is 12.0 Å². The molecule has 0 aromatic carbocycles. The Bertz CT molecular complexity index is 426. The number of hydrogen-bond donors (Lipinski definition) is 2. The van der Waals surface area contributed by atoms with Gasteiger partial charge >= 0.3 is 0 Å². The maximum absolute atomic E-state index is 12.0. The van der Waals surface area contributed by atoms with Gasteiger partial charge in [0.1, 0.15) is 0 Å². The highest BCUT2D eigenvalue weighted by Crippen LogP contribution is 2.27. The van der Waals surface area contributed by atoms with Crippen LogP contribution in [0.15, 0.2) is 12.4 Å². The Morgan fingerprint density at radius 2 is 2.22 bits per heavy atom. The number of thioether (sulfide) groups is 1. The number of nitrogen functional groups attached to an aromatic ring is 1. The first-order chi connectivity index (χ1) is 8.70. The van der Waals surface area contributed by atoms with E-state index in [0.717, 1.165) is 19.3 Å². The van der Waals surface area contributed by atoms with Crippen molar-refractivity contribution in [3.8, 4) is 0 Å². The number of rotatable bonds is 3. The minimum atomic E-state index is -0.215. The van der Waals surface area contributed by atoms with Gasteiger partial charge in [-0.15, -0.1) is 0 Å². The lowest BCUT2D eigenvalue weighted by molar-refractivity contribution is 0.0924. The smallest absolute Gasteiger partial charge is 0.273 e. The molecule has 3 N–H and O–H groups in total. The molecule has 1 saturated carbocycles. The maximum atomic E-state index is 12.0. The molecule has 6 heteroatoms. The zero-order valence-corrected chi connectivity index (χ0v) is 11.2. The predicted molar refractivity (Wildman–Crippen MR) is 73.5 cm³/mol. The van der Waals surface area contributed by atoms with Crippen molar-refractivity contribution in [2.45, 2.75) is 37.0 Å². The number of amides is 1. The lowest BCUT2D eigenvalue weighted by Gasteiger charge is -2.28. The van der Waals surface area contributed by atoms with Crippen LogP contribution in [0.25, 0.3) is 0 Å². The van der Waals surface area contributed by atoms with Crippen molar-refractivity contribution in [1.82, 2.24) is 15.3 Å². The summed E-state index contributed by atoms with van der Waals surface area (Å²) in [6.45, 7) is 0. The first-order valence-corrected chi connectivity index (χ1v) is 7.39. The molecule has 2 unspecified atom stereocenters. The summed E-state index contributed by atoms with van der Waals surface area (Å²) in [5.41, 5.74) is 5.87. The molecule has 0 spiro atoms. The summed E-state index contributed by atoms with van der Waals surface area (Å²) in [6.07, 6.45) is 9.53. The summed E-state index contributed by atoms with van der Waals surface area (Å²) in [7, 11) is 0. The number of nitrogens with two attached hydrogens (primary N) is 1. The topological polar surface area (TPSA) is 80.9 Å². The molecule has 1 aliphatic rings. The Hall–Kier alpha value is -1.30. The van der Waals surface area contributed by atoms with Crippen LogP contribution in [0.5, 0.6) is 0 Å². The molecule has 0 radical (unpaired) electrons. The van der Waals surface area contributed by atoms with Gasteiger partial charge in [0.25, 0.3) is 5.91 Å². The van der Waals surface area contributed by atoms with E-state index < -0.39 is 0 Å².